The lowest BCUT2D eigenvalue weighted by Crippen LogP contribution is -2.57. The van der Waals surface area contributed by atoms with E-state index in [0.29, 0.717) is 6.42 Å². The quantitative estimate of drug-likeness (QED) is 0.0606. The Morgan fingerprint density at radius 3 is 2.12 bits per heavy atom. The van der Waals surface area contributed by atoms with Crippen LogP contribution in [0.5, 0.6) is 0 Å². The molecular formula is C72H85N19O18S5. The molecule has 606 valence electrons. The van der Waals surface area contributed by atoms with Gasteiger partial charge in [0.15, 0.2) is 0 Å². The molecule has 37 nitrogen and oxygen atoms in total. The lowest BCUT2D eigenvalue weighted by Gasteiger charge is -2.41. The van der Waals surface area contributed by atoms with Crippen LogP contribution in [0.4, 0.5) is 0 Å². The normalized spacial score (nSPS) is 26.9. The van der Waals surface area contributed by atoms with Gasteiger partial charge in [0.2, 0.25) is 29.5 Å². The van der Waals surface area contributed by atoms with Crippen molar-refractivity contribution >= 4 is 145 Å². The van der Waals surface area contributed by atoms with Gasteiger partial charge in [0.05, 0.1) is 70.3 Å². The number of thioether (sulfide) groups is 1. The highest BCUT2D eigenvalue weighted by Gasteiger charge is 2.51. The number of thiazole rings is 4. The number of aliphatic hydroxyl groups is 5. The van der Waals surface area contributed by atoms with E-state index in [1.807, 2.05) is 0 Å². The summed E-state index contributed by atoms with van der Waals surface area (Å²) >= 11 is 4.42. The molecule has 0 saturated heterocycles. The van der Waals surface area contributed by atoms with Gasteiger partial charge in [-0.25, -0.2) is 29.7 Å². The second kappa shape index (κ2) is 35.5. The van der Waals surface area contributed by atoms with E-state index < -0.39 is 196 Å². The molecule has 2 unspecified atom stereocenters. The lowest BCUT2D eigenvalue weighted by atomic mass is 9.80. The van der Waals surface area contributed by atoms with Gasteiger partial charge in [-0.15, -0.1) is 57.1 Å². The van der Waals surface area contributed by atoms with Crippen LogP contribution >= 0.6 is 57.1 Å². The number of nitrogens with zero attached hydrogens (tertiary/aromatic N) is 7. The SMILES string of the molecule is C=C(NC(=O)C(=C)NC(=O)c1csc(C2=N[C@@H]3c4csc(n4)[C@H]4NC(=O)c5csc(n5)[C@H]([C@](C)(O)[C@@H](C)O)NC(=O)C5CSC(=N5)/C(=C/C)NC(=O)[C@H]([C@@H](C)O)NC(=O)c5csc(n5)[C@]3(CC2)NC(=O)[C@H](C)NC(=O)C(=C)NC(=O)[C@H](C)NC(=O)[C@@H]([C@@H](C)CC)NC2C=Cc3c([C@H](C)O)cc(nc3[C@H]2O)C(=O)O[C@@H]4C)n1)C(N)=O. The number of primary amides is 1. The van der Waals surface area contributed by atoms with E-state index in [9.17, 15) is 68.7 Å². The van der Waals surface area contributed by atoms with Crippen LogP contribution in [0, 0.1) is 5.92 Å². The molecule has 9 heterocycles. The number of pyridine rings is 1. The fourth-order valence-corrected chi connectivity index (χ4v) is 17.2. The molecule has 4 aliphatic heterocycles. The number of hydrogen-bond acceptors (Lipinski definition) is 31. The van der Waals surface area contributed by atoms with E-state index in [4.69, 9.17) is 25.4 Å². The minimum absolute atomic E-state index is 0.0158. The summed E-state index contributed by atoms with van der Waals surface area (Å²) in [4.78, 5) is 204. The van der Waals surface area contributed by atoms with E-state index in [1.54, 1.807) is 26.8 Å². The number of rotatable bonds is 12. The topological polar surface area (TPSA) is 563 Å². The maximum atomic E-state index is 15.4. The number of aliphatic hydroxyl groups excluding tert-OH is 4. The van der Waals surface area contributed by atoms with Crippen LogP contribution in [0.25, 0.3) is 6.08 Å². The van der Waals surface area contributed by atoms with Crippen LogP contribution in [-0.2, 0) is 48.6 Å². The molecule has 0 spiro atoms. The van der Waals surface area contributed by atoms with Crippen LogP contribution in [0.2, 0.25) is 0 Å². The second-order valence-electron chi connectivity index (χ2n) is 27.8. The van der Waals surface area contributed by atoms with Crippen LogP contribution in [-0.4, -0.2) is 198 Å². The van der Waals surface area contributed by atoms with E-state index >= 15 is 14.4 Å². The number of hydrogen-bond donors (Lipinski definition) is 17. The van der Waals surface area contributed by atoms with Gasteiger partial charge in [-0.1, -0.05) is 58.2 Å². The van der Waals surface area contributed by atoms with E-state index in [-0.39, 0.29) is 94.7 Å². The van der Waals surface area contributed by atoms with Crippen LogP contribution in [0.15, 0.2) is 92.2 Å². The monoisotopic (exact) mass is 1660 g/mol. The first kappa shape index (κ1) is 85.9. The van der Waals surface area contributed by atoms with Crippen molar-refractivity contribution in [2.45, 2.75) is 185 Å². The third-order valence-electron chi connectivity index (χ3n) is 19.5. The fraction of sp³-hybridized carbons (Fsp3) is 0.431. The molecule has 13 bridgehead atoms. The number of allylic oxidation sites excluding steroid dienone is 1. The number of fused-ring (bicyclic) bond motifs is 7. The van der Waals surface area contributed by atoms with Crippen LogP contribution < -0.4 is 64.2 Å². The van der Waals surface area contributed by atoms with Crippen LogP contribution in [0.3, 0.4) is 0 Å². The molecule has 5 aromatic heterocycles. The Labute approximate surface area is 671 Å². The Kier molecular flexibility index (Phi) is 26.7. The van der Waals surface area contributed by atoms with Gasteiger partial charge in [-0.05, 0) is 85.8 Å². The summed E-state index contributed by atoms with van der Waals surface area (Å²) in [6.45, 7) is 24.9. The molecular weight excluding hydrogens is 1580 g/mol. The summed E-state index contributed by atoms with van der Waals surface area (Å²) in [6, 6.07) is -11.6. The first-order valence-electron chi connectivity index (χ1n) is 35.6. The maximum absolute atomic E-state index is 15.4. The first-order chi connectivity index (χ1) is 53.7. The van der Waals surface area contributed by atoms with Crippen molar-refractivity contribution in [3.63, 3.8) is 0 Å². The standard InChI is InChI=1S/C72H85N19O18S5/c1-14-26(3)47-63(105)78-30(7)57(99)75-28(5)56(98)76-31(8)58(100)91-72-19-18-40(66-85-43(22-111-66)59(101)77-29(6)55(97)74-27(4)54(73)96)81-52(72)42-21-112-67(83-42)49(34(11)109-69(107)41-20-37(32(9)92)36-16-17-39(79-47)51(95)50(36)80-41)89-60(102)44-24-113-68(86-44)53(71(13,108)35(12)94)90-62(104)45-23-110-65(84-45)38(15-2)82-64(106)48(33(10)93)88-61(103)46-25-114-70(72)87-46/h15-17,20-22,24-26,30-35,39,45,47-49,51-53,79,92-95,108H,4-6,14,18-19,23H2,1-3,7-13H3,(H2,73,96)(H,74,97)(H,75,99)(H,76,98)(H,77,101)(H,78,105)(H,82,106)(H,88,103)(H,89,102)(H,90,104)(H,91,100)/b38-15-/t26-,30-,31-,32-,33+,34+,35+,39?,45?,47+,48-,49-,51-,52+,53+,71+,72+/m0/s1. The summed E-state index contributed by atoms with van der Waals surface area (Å²) in [7, 11) is 0. The highest BCUT2D eigenvalue weighted by atomic mass is 32.2. The first-order valence-corrected chi connectivity index (χ1v) is 40.1. The van der Waals surface area contributed by atoms with Gasteiger partial charge >= 0.3 is 5.97 Å². The second-order valence-corrected chi connectivity index (χ2v) is 32.3. The van der Waals surface area contributed by atoms with Crippen molar-refractivity contribution in [1.29, 1.82) is 0 Å². The third-order valence-corrected chi connectivity index (χ3v) is 24.3. The van der Waals surface area contributed by atoms with E-state index in [1.165, 1.54) is 88.2 Å². The number of esters is 1. The predicted molar refractivity (Wildman–Crippen MR) is 418 cm³/mol. The molecule has 114 heavy (non-hydrogen) atoms. The van der Waals surface area contributed by atoms with Gasteiger partial charge < -0.3 is 89.2 Å². The van der Waals surface area contributed by atoms with Crippen molar-refractivity contribution in [2.24, 2.45) is 21.6 Å². The molecule has 17 atom stereocenters. The molecule has 5 aromatic rings. The molecule has 0 fully saturated rings. The number of ether oxygens (including phenoxy) is 1. The summed E-state index contributed by atoms with van der Waals surface area (Å²) < 4.78 is 6.26. The number of aromatic nitrogens is 5. The number of carbonyl (C=O) groups excluding carboxylic acids is 12. The number of cyclic esters (lactones) is 1. The third kappa shape index (κ3) is 18.6. The number of amides is 11. The molecule has 1 aliphatic carbocycles. The highest BCUT2D eigenvalue weighted by Crippen LogP contribution is 2.48. The summed E-state index contributed by atoms with van der Waals surface area (Å²) in [5, 5.41) is 92.2. The van der Waals surface area contributed by atoms with Crippen molar-refractivity contribution in [2.75, 3.05) is 5.75 Å². The Bertz CT molecular complexity index is 4880. The van der Waals surface area contributed by atoms with Crippen molar-refractivity contribution in [3.8, 4) is 0 Å². The van der Waals surface area contributed by atoms with Gasteiger partial charge in [-0.2, -0.15) is 0 Å². The zero-order chi connectivity index (χ0) is 83.4. The molecule has 18 N–H and O–H groups in total. The number of nitrogens with one attached hydrogen (secondary N) is 11. The predicted octanol–water partition coefficient (Wildman–Crippen LogP) is 0.774. The molecule has 10 rings (SSSR count). The molecule has 0 aromatic carbocycles. The summed E-state index contributed by atoms with van der Waals surface area (Å²) in [6.07, 6.45) is -3.18. The zero-order valence-electron chi connectivity index (χ0n) is 63.0. The zero-order valence-corrected chi connectivity index (χ0v) is 67.1. The number of nitrogens with two attached hydrogens (primary N) is 1. The van der Waals surface area contributed by atoms with Gasteiger partial charge in [0.25, 0.3) is 35.4 Å². The van der Waals surface area contributed by atoms with Crippen molar-refractivity contribution in [3.05, 3.63) is 148 Å². The van der Waals surface area contributed by atoms with E-state index in [2.05, 4.69) is 98.2 Å². The number of carbonyl (C=O) groups is 12. The largest absolute Gasteiger partial charge is 0.455 e. The Morgan fingerprint density at radius 1 is 0.763 bits per heavy atom. The molecule has 11 amide bonds. The smallest absolute Gasteiger partial charge is 0.357 e. The average Bonchev–Trinajstić information content (AvgIpc) is 1.50. The summed E-state index contributed by atoms with van der Waals surface area (Å²) in [5.74, 6) is -12.2. The highest BCUT2D eigenvalue weighted by molar-refractivity contribution is 8.14. The lowest BCUT2D eigenvalue weighted by molar-refractivity contribution is -0.131. The summed E-state index contributed by atoms with van der Waals surface area (Å²) in [5.41, 5.74) is -1.79. The van der Waals surface area contributed by atoms with Gasteiger partial charge in [0, 0.05) is 32.8 Å². The minimum Gasteiger partial charge on any atom is -0.455 e. The Morgan fingerprint density at radius 2 is 1.45 bits per heavy atom. The minimum atomic E-state index is -2.21. The fourth-order valence-electron chi connectivity index (χ4n) is 12.3. The van der Waals surface area contributed by atoms with Crippen molar-refractivity contribution in [1.82, 2.24) is 83.4 Å². The van der Waals surface area contributed by atoms with E-state index in [0.717, 1.165) is 57.1 Å². The van der Waals surface area contributed by atoms with Gasteiger partial charge in [-0.3, -0.25) is 68.0 Å². The maximum Gasteiger partial charge on any atom is 0.357 e. The van der Waals surface area contributed by atoms with Gasteiger partial charge in [0.1, 0.15) is 113 Å². The molecule has 5 aliphatic rings. The molecule has 42 heteroatoms. The van der Waals surface area contributed by atoms with Crippen molar-refractivity contribution < 1.29 is 87.8 Å². The Hall–Kier alpha value is -10.5. The molecule has 0 radical (unpaired) electrons. The van der Waals surface area contributed by atoms with Crippen LogP contribution in [0.1, 0.15) is 203 Å². The molecule has 0 saturated carbocycles. The number of aliphatic imine (C=N–C) groups is 2. The average molecular weight is 1660 g/mol. The Balaban J connectivity index is 1.18.